The molecule has 0 radical (unpaired) electrons. The van der Waals surface area contributed by atoms with Crippen LogP contribution >= 0.6 is 0 Å². The molecule has 2 aliphatic heterocycles. The molecule has 3 aliphatic rings. The molecule has 0 N–H and O–H groups in total. The Hall–Kier alpha value is -1.06. The molecule has 16 heavy (non-hydrogen) atoms. The smallest absolute Gasteiger partial charge is 0.227 e. The maximum atomic E-state index is 12.1. The molecule has 1 saturated carbocycles. The van der Waals surface area contributed by atoms with Crippen LogP contribution in [0.15, 0.2) is 0 Å². The van der Waals surface area contributed by atoms with Gasteiger partial charge < -0.3 is 9.80 Å². The van der Waals surface area contributed by atoms with Crippen LogP contribution in [-0.2, 0) is 9.59 Å². The third-order valence-electron chi connectivity index (χ3n) is 3.91. The molecule has 1 aliphatic carbocycles. The SMILES string of the molecule is O=C(C1CC(=O)N(C2CC2)C1)N1CCCC1. The molecule has 0 bridgehead atoms. The normalized spacial score (nSPS) is 30.2. The number of carbonyl (C=O) groups is 2. The Morgan fingerprint density at radius 2 is 1.88 bits per heavy atom. The average Bonchev–Trinajstić information content (AvgIpc) is 2.83. The van der Waals surface area contributed by atoms with E-state index in [1.54, 1.807) is 0 Å². The lowest BCUT2D eigenvalue weighted by Crippen LogP contribution is -2.35. The summed E-state index contributed by atoms with van der Waals surface area (Å²) in [6, 6.07) is 0.462. The molecule has 2 saturated heterocycles. The third-order valence-corrected chi connectivity index (χ3v) is 3.91. The van der Waals surface area contributed by atoms with Crippen LogP contribution in [0.1, 0.15) is 32.1 Å². The van der Waals surface area contributed by atoms with Gasteiger partial charge in [-0.25, -0.2) is 0 Å². The maximum Gasteiger partial charge on any atom is 0.227 e. The first kappa shape index (κ1) is 10.1. The number of rotatable bonds is 2. The second-order valence-electron chi connectivity index (χ2n) is 5.21. The number of likely N-dealkylation sites (tertiary alicyclic amines) is 2. The summed E-state index contributed by atoms with van der Waals surface area (Å²) in [5.74, 6) is 0.361. The van der Waals surface area contributed by atoms with E-state index in [0.29, 0.717) is 19.0 Å². The second kappa shape index (κ2) is 3.75. The highest BCUT2D eigenvalue weighted by Crippen LogP contribution is 2.33. The van der Waals surface area contributed by atoms with Crippen LogP contribution in [0.25, 0.3) is 0 Å². The molecule has 0 spiro atoms. The number of nitrogens with zero attached hydrogens (tertiary/aromatic N) is 2. The molecule has 0 aromatic rings. The van der Waals surface area contributed by atoms with Crippen LogP contribution in [0.3, 0.4) is 0 Å². The Labute approximate surface area is 95.6 Å². The summed E-state index contributed by atoms with van der Waals surface area (Å²) in [5.41, 5.74) is 0. The van der Waals surface area contributed by atoms with Gasteiger partial charge in [-0.1, -0.05) is 0 Å². The van der Waals surface area contributed by atoms with Crippen molar-refractivity contribution in [2.75, 3.05) is 19.6 Å². The Bertz CT molecular complexity index is 319. The van der Waals surface area contributed by atoms with Crippen LogP contribution in [0.5, 0.6) is 0 Å². The van der Waals surface area contributed by atoms with Gasteiger partial charge in [0, 0.05) is 32.1 Å². The summed E-state index contributed by atoms with van der Waals surface area (Å²) < 4.78 is 0. The fourth-order valence-corrected chi connectivity index (χ4v) is 2.83. The van der Waals surface area contributed by atoms with Crippen LogP contribution in [-0.4, -0.2) is 47.3 Å². The van der Waals surface area contributed by atoms with E-state index >= 15 is 0 Å². The van der Waals surface area contributed by atoms with E-state index in [1.807, 2.05) is 9.80 Å². The third kappa shape index (κ3) is 1.70. The van der Waals surface area contributed by atoms with Crippen molar-refractivity contribution in [3.8, 4) is 0 Å². The molecule has 0 aromatic carbocycles. The van der Waals surface area contributed by atoms with Crippen molar-refractivity contribution in [1.82, 2.24) is 9.80 Å². The summed E-state index contributed by atoms with van der Waals surface area (Å²) in [6.45, 7) is 2.47. The summed E-state index contributed by atoms with van der Waals surface area (Å²) >= 11 is 0. The largest absolute Gasteiger partial charge is 0.342 e. The Balaban J connectivity index is 1.63. The Morgan fingerprint density at radius 3 is 2.50 bits per heavy atom. The van der Waals surface area contributed by atoms with Crippen LogP contribution < -0.4 is 0 Å². The van der Waals surface area contributed by atoms with Crippen molar-refractivity contribution in [3.05, 3.63) is 0 Å². The first-order valence-corrected chi connectivity index (χ1v) is 6.34. The van der Waals surface area contributed by atoms with E-state index in [2.05, 4.69) is 0 Å². The molecule has 1 unspecified atom stereocenters. The first-order chi connectivity index (χ1) is 7.75. The molecule has 2 amide bonds. The van der Waals surface area contributed by atoms with E-state index in [0.717, 1.165) is 38.8 Å². The van der Waals surface area contributed by atoms with E-state index in [1.165, 1.54) is 0 Å². The van der Waals surface area contributed by atoms with E-state index in [-0.39, 0.29) is 17.7 Å². The molecule has 3 rings (SSSR count). The minimum Gasteiger partial charge on any atom is -0.342 e. The highest BCUT2D eigenvalue weighted by atomic mass is 16.2. The maximum absolute atomic E-state index is 12.1. The Morgan fingerprint density at radius 1 is 1.19 bits per heavy atom. The van der Waals surface area contributed by atoms with Crippen molar-refractivity contribution in [3.63, 3.8) is 0 Å². The van der Waals surface area contributed by atoms with Crippen LogP contribution in [0, 0.1) is 5.92 Å². The first-order valence-electron chi connectivity index (χ1n) is 6.34. The number of carbonyl (C=O) groups excluding carboxylic acids is 2. The molecule has 2 heterocycles. The van der Waals surface area contributed by atoms with Crippen molar-refractivity contribution < 1.29 is 9.59 Å². The lowest BCUT2D eigenvalue weighted by atomic mass is 10.1. The van der Waals surface area contributed by atoms with Gasteiger partial charge >= 0.3 is 0 Å². The molecule has 88 valence electrons. The highest BCUT2D eigenvalue weighted by molar-refractivity contribution is 5.89. The van der Waals surface area contributed by atoms with Gasteiger partial charge in [0.05, 0.1) is 5.92 Å². The standard InChI is InChI=1S/C12H18N2O2/c15-11-7-9(8-14(11)10-3-4-10)12(16)13-5-1-2-6-13/h9-10H,1-8H2. The zero-order valence-electron chi connectivity index (χ0n) is 9.52. The minimum absolute atomic E-state index is 0.0498. The van der Waals surface area contributed by atoms with Gasteiger partial charge in [-0.2, -0.15) is 0 Å². The summed E-state index contributed by atoms with van der Waals surface area (Å²) in [4.78, 5) is 27.7. The number of amides is 2. The monoisotopic (exact) mass is 222 g/mol. The van der Waals surface area contributed by atoms with Crippen molar-refractivity contribution >= 4 is 11.8 Å². The number of hydrogen-bond donors (Lipinski definition) is 0. The zero-order valence-corrected chi connectivity index (χ0v) is 9.52. The fraction of sp³-hybridized carbons (Fsp3) is 0.833. The highest BCUT2D eigenvalue weighted by Gasteiger charge is 2.42. The summed E-state index contributed by atoms with van der Waals surface area (Å²) in [7, 11) is 0. The Kier molecular flexibility index (Phi) is 2.37. The van der Waals surface area contributed by atoms with Gasteiger partial charge in [0.2, 0.25) is 11.8 Å². The van der Waals surface area contributed by atoms with Crippen LogP contribution in [0.4, 0.5) is 0 Å². The molecule has 4 heteroatoms. The van der Waals surface area contributed by atoms with Crippen molar-refractivity contribution in [2.45, 2.75) is 38.1 Å². The summed E-state index contributed by atoms with van der Waals surface area (Å²) in [6.07, 6.45) is 4.97. The van der Waals surface area contributed by atoms with Gasteiger partial charge in [-0.05, 0) is 25.7 Å². The molecule has 4 nitrogen and oxygen atoms in total. The quantitative estimate of drug-likeness (QED) is 0.687. The lowest BCUT2D eigenvalue weighted by molar-refractivity contribution is -0.134. The van der Waals surface area contributed by atoms with E-state index in [9.17, 15) is 9.59 Å². The molecular formula is C12H18N2O2. The van der Waals surface area contributed by atoms with Gasteiger partial charge in [0.15, 0.2) is 0 Å². The minimum atomic E-state index is -0.0498. The van der Waals surface area contributed by atoms with Crippen molar-refractivity contribution in [2.24, 2.45) is 5.92 Å². The lowest BCUT2D eigenvalue weighted by Gasteiger charge is -2.20. The predicted octanol–water partition coefficient (Wildman–Crippen LogP) is 0.620. The van der Waals surface area contributed by atoms with E-state index < -0.39 is 0 Å². The fourth-order valence-electron chi connectivity index (χ4n) is 2.83. The van der Waals surface area contributed by atoms with Crippen molar-refractivity contribution in [1.29, 1.82) is 0 Å². The second-order valence-corrected chi connectivity index (χ2v) is 5.21. The van der Waals surface area contributed by atoms with Gasteiger partial charge in [0.25, 0.3) is 0 Å². The number of hydrogen-bond acceptors (Lipinski definition) is 2. The molecule has 0 aromatic heterocycles. The molecule has 1 atom stereocenters. The predicted molar refractivity (Wildman–Crippen MR) is 58.7 cm³/mol. The molecular weight excluding hydrogens is 204 g/mol. The van der Waals surface area contributed by atoms with Crippen LogP contribution in [0.2, 0.25) is 0 Å². The summed E-state index contributed by atoms with van der Waals surface area (Å²) in [5, 5.41) is 0. The van der Waals surface area contributed by atoms with Gasteiger partial charge in [-0.15, -0.1) is 0 Å². The van der Waals surface area contributed by atoms with E-state index in [4.69, 9.17) is 0 Å². The average molecular weight is 222 g/mol. The van der Waals surface area contributed by atoms with Gasteiger partial charge in [0.1, 0.15) is 0 Å². The topological polar surface area (TPSA) is 40.6 Å². The zero-order chi connectivity index (χ0) is 11.1. The van der Waals surface area contributed by atoms with Gasteiger partial charge in [-0.3, -0.25) is 9.59 Å². The molecule has 3 fully saturated rings.